The van der Waals surface area contributed by atoms with Crippen LogP contribution in [0.5, 0.6) is 0 Å². The van der Waals surface area contributed by atoms with Gasteiger partial charge in [0.1, 0.15) is 6.04 Å². The summed E-state index contributed by atoms with van der Waals surface area (Å²) in [5, 5.41) is 6.19. The molecule has 6 nitrogen and oxygen atoms in total. The molecule has 130 valence electrons. The Kier molecular flexibility index (Phi) is 4.76. The zero-order valence-electron chi connectivity index (χ0n) is 14.6. The van der Waals surface area contributed by atoms with Gasteiger partial charge in [0.2, 0.25) is 5.91 Å². The van der Waals surface area contributed by atoms with Crippen LogP contribution in [0.2, 0.25) is 0 Å². The van der Waals surface area contributed by atoms with Gasteiger partial charge in [-0.05, 0) is 30.7 Å². The molecular formula is C18H26N4O2. The summed E-state index contributed by atoms with van der Waals surface area (Å²) in [6, 6.07) is 5.28. The lowest BCUT2D eigenvalue weighted by Crippen LogP contribution is -2.48. The molecule has 1 saturated heterocycles. The molecule has 1 aromatic carbocycles. The van der Waals surface area contributed by atoms with Gasteiger partial charge in [0, 0.05) is 31.7 Å². The van der Waals surface area contributed by atoms with E-state index in [2.05, 4.69) is 22.5 Å². The Morgan fingerprint density at radius 1 is 1.21 bits per heavy atom. The van der Waals surface area contributed by atoms with Gasteiger partial charge in [0.15, 0.2) is 0 Å². The van der Waals surface area contributed by atoms with Crippen molar-refractivity contribution in [3.05, 3.63) is 23.8 Å². The molecule has 0 saturated carbocycles. The van der Waals surface area contributed by atoms with Gasteiger partial charge < -0.3 is 20.4 Å². The Labute approximate surface area is 143 Å². The molecule has 1 atom stereocenters. The van der Waals surface area contributed by atoms with Gasteiger partial charge in [0.05, 0.1) is 11.4 Å². The predicted molar refractivity (Wildman–Crippen MR) is 95.3 cm³/mol. The molecule has 0 aliphatic carbocycles. The van der Waals surface area contributed by atoms with Crippen molar-refractivity contribution in [1.82, 2.24) is 9.80 Å². The van der Waals surface area contributed by atoms with Crippen LogP contribution in [0.3, 0.4) is 0 Å². The maximum atomic E-state index is 12.7. The number of rotatable bonds is 3. The monoisotopic (exact) mass is 330 g/mol. The molecule has 1 unspecified atom stereocenters. The lowest BCUT2D eigenvalue weighted by Gasteiger charge is -2.34. The van der Waals surface area contributed by atoms with Crippen molar-refractivity contribution in [3.63, 3.8) is 0 Å². The van der Waals surface area contributed by atoms with E-state index in [1.165, 1.54) is 0 Å². The third-order valence-corrected chi connectivity index (χ3v) is 4.89. The number of hydrogen-bond donors (Lipinski definition) is 2. The van der Waals surface area contributed by atoms with Crippen LogP contribution >= 0.6 is 0 Å². The second kappa shape index (κ2) is 6.81. The largest absolute Gasteiger partial charge is 0.372 e. The molecule has 2 aliphatic heterocycles. The van der Waals surface area contributed by atoms with Crippen molar-refractivity contribution in [3.8, 4) is 0 Å². The second-order valence-electron chi connectivity index (χ2n) is 6.84. The van der Waals surface area contributed by atoms with Crippen molar-refractivity contribution in [2.45, 2.75) is 26.8 Å². The van der Waals surface area contributed by atoms with E-state index < -0.39 is 0 Å². The Morgan fingerprint density at radius 3 is 2.54 bits per heavy atom. The average Bonchev–Trinajstić information content (AvgIpc) is 2.59. The molecule has 2 heterocycles. The maximum absolute atomic E-state index is 12.7. The number of carbonyl (C=O) groups excluding carboxylic acids is 2. The van der Waals surface area contributed by atoms with Crippen molar-refractivity contribution >= 4 is 23.2 Å². The van der Waals surface area contributed by atoms with Crippen LogP contribution in [0.15, 0.2) is 18.2 Å². The number of hydrogen-bond acceptors (Lipinski definition) is 4. The molecule has 2 aliphatic rings. The van der Waals surface area contributed by atoms with Crippen LogP contribution in [0.1, 0.15) is 31.1 Å². The highest BCUT2D eigenvalue weighted by Gasteiger charge is 2.29. The highest BCUT2D eigenvalue weighted by Crippen LogP contribution is 2.30. The van der Waals surface area contributed by atoms with Gasteiger partial charge in [-0.15, -0.1) is 0 Å². The molecule has 3 rings (SSSR count). The number of piperazine rings is 1. The van der Waals surface area contributed by atoms with E-state index in [0.717, 1.165) is 38.4 Å². The van der Waals surface area contributed by atoms with Gasteiger partial charge in [-0.3, -0.25) is 9.59 Å². The number of carbonyl (C=O) groups is 2. The molecule has 1 fully saturated rings. The van der Waals surface area contributed by atoms with Crippen LogP contribution < -0.4 is 10.6 Å². The maximum Gasteiger partial charge on any atom is 0.254 e. The van der Waals surface area contributed by atoms with Gasteiger partial charge in [-0.1, -0.05) is 20.8 Å². The fourth-order valence-electron chi connectivity index (χ4n) is 3.27. The second-order valence-corrected chi connectivity index (χ2v) is 6.84. The fraction of sp³-hybridized carbons (Fsp3) is 0.556. The number of anilines is 2. The van der Waals surface area contributed by atoms with Crippen LogP contribution in [0.4, 0.5) is 11.4 Å². The Hall–Kier alpha value is -2.08. The number of amides is 2. The normalized spacial score (nSPS) is 21.2. The summed E-state index contributed by atoms with van der Waals surface area (Å²) >= 11 is 0. The first kappa shape index (κ1) is 16.8. The minimum absolute atomic E-state index is 0.0359. The number of fused-ring (bicyclic) bond motifs is 1. The van der Waals surface area contributed by atoms with Crippen molar-refractivity contribution in [2.75, 3.05) is 43.4 Å². The summed E-state index contributed by atoms with van der Waals surface area (Å²) in [6.45, 7) is 10.5. The van der Waals surface area contributed by atoms with E-state index in [9.17, 15) is 9.59 Å². The highest BCUT2D eigenvalue weighted by atomic mass is 16.2. The first-order valence-electron chi connectivity index (χ1n) is 8.72. The summed E-state index contributed by atoms with van der Waals surface area (Å²) in [7, 11) is 0. The Bertz CT molecular complexity index is 636. The van der Waals surface area contributed by atoms with Crippen molar-refractivity contribution in [2.24, 2.45) is 5.92 Å². The summed E-state index contributed by atoms with van der Waals surface area (Å²) in [6.07, 6.45) is 0. The lowest BCUT2D eigenvalue weighted by molar-refractivity contribution is -0.117. The van der Waals surface area contributed by atoms with Crippen LogP contribution in [0.25, 0.3) is 0 Å². The van der Waals surface area contributed by atoms with E-state index in [1.54, 1.807) is 6.07 Å². The first-order chi connectivity index (χ1) is 11.5. The molecule has 0 aromatic heterocycles. The third-order valence-electron chi connectivity index (χ3n) is 4.89. The van der Waals surface area contributed by atoms with Crippen molar-refractivity contribution in [1.29, 1.82) is 0 Å². The topological polar surface area (TPSA) is 64.7 Å². The molecule has 6 heteroatoms. The summed E-state index contributed by atoms with van der Waals surface area (Å²) in [5.74, 6) is 0.196. The minimum Gasteiger partial charge on any atom is -0.372 e. The SMILES string of the molecule is CCN1CCN(C(=O)c2ccc3c(c2)NC(=O)C(C(C)C)N3)CC1. The van der Waals surface area contributed by atoms with Gasteiger partial charge in [0.25, 0.3) is 5.91 Å². The van der Waals surface area contributed by atoms with E-state index in [-0.39, 0.29) is 23.8 Å². The van der Waals surface area contributed by atoms with E-state index in [1.807, 2.05) is 30.9 Å². The van der Waals surface area contributed by atoms with Crippen LogP contribution in [-0.4, -0.2) is 60.4 Å². The van der Waals surface area contributed by atoms with Crippen LogP contribution in [-0.2, 0) is 4.79 Å². The molecule has 2 N–H and O–H groups in total. The standard InChI is InChI=1S/C18H26N4O2/c1-4-21-7-9-22(10-8-21)18(24)13-5-6-14-15(11-13)20-17(23)16(19-14)12(2)3/h5-6,11-12,16,19H,4,7-10H2,1-3H3,(H,20,23). The zero-order chi connectivity index (χ0) is 17.3. The minimum atomic E-state index is -0.235. The molecular weight excluding hydrogens is 304 g/mol. The molecule has 1 aromatic rings. The van der Waals surface area contributed by atoms with Gasteiger partial charge in [-0.2, -0.15) is 0 Å². The van der Waals surface area contributed by atoms with E-state index >= 15 is 0 Å². The number of nitrogens with one attached hydrogen (secondary N) is 2. The highest BCUT2D eigenvalue weighted by molar-refractivity contribution is 6.05. The lowest BCUT2D eigenvalue weighted by atomic mass is 9.99. The summed E-state index contributed by atoms with van der Waals surface area (Å²) in [5.41, 5.74) is 2.19. The Morgan fingerprint density at radius 2 is 1.92 bits per heavy atom. The Balaban J connectivity index is 1.74. The van der Waals surface area contributed by atoms with Crippen LogP contribution in [0, 0.1) is 5.92 Å². The smallest absolute Gasteiger partial charge is 0.254 e. The van der Waals surface area contributed by atoms with Gasteiger partial charge >= 0.3 is 0 Å². The molecule has 2 amide bonds. The fourth-order valence-corrected chi connectivity index (χ4v) is 3.27. The molecule has 0 spiro atoms. The number of likely N-dealkylation sites (N-methyl/N-ethyl adjacent to an activating group) is 1. The quantitative estimate of drug-likeness (QED) is 0.888. The van der Waals surface area contributed by atoms with E-state index in [0.29, 0.717) is 11.3 Å². The van der Waals surface area contributed by atoms with Crippen molar-refractivity contribution < 1.29 is 9.59 Å². The predicted octanol–water partition coefficient (Wildman–Crippen LogP) is 1.85. The number of benzene rings is 1. The zero-order valence-corrected chi connectivity index (χ0v) is 14.6. The van der Waals surface area contributed by atoms with E-state index in [4.69, 9.17) is 0 Å². The molecule has 0 bridgehead atoms. The molecule has 0 radical (unpaired) electrons. The number of nitrogens with zero attached hydrogens (tertiary/aromatic N) is 2. The third kappa shape index (κ3) is 3.24. The summed E-state index contributed by atoms with van der Waals surface area (Å²) in [4.78, 5) is 29.1. The summed E-state index contributed by atoms with van der Waals surface area (Å²) < 4.78 is 0. The molecule has 24 heavy (non-hydrogen) atoms. The first-order valence-corrected chi connectivity index (χ1v) is 8.72. The van der Waals surface area contributed by atoms with Gasteiger partial charge in [-0.25, -0.2) is 0 Å². The average molecular weight is 330 g/mol.